The van der Waals surface area contributed by atoms with Crippen LogP contribution in [0.3, 0.4) is 0 Å². The van der Waals surface area contributed by atoms with Crippen molar-refractivity contribution >= 4 is 17.5 Å². The molecule has 2 atom stereocenters. The first-order valence-electron chi connectivity index (χ1n) is 11.4. The molecule has 0 spiro atoms. The lowest BCUT2D eigenvalue weighted by molar-refractivity contribution is -0.275. The minimum absolute atomic E-state index is 0.192. The summed E-state index contributed by atoms with van der Waals surface area (Å²) in [6.07, 6.45) is 5.50. The average molecular weight is 487 g/mol. The van der Waals surface area contributed by atoms with Gasteiger partial charge in [-0.1, -0.05) is 0 Å². The number of halogens is 3. The number of hydrogen-bond acceptors (Lipinski definition) is 8. The van der Waals surface area contributed by atoms with Crippen LogP contribution in [0, 0.1) is 0 Å². The van der Waals surface area contributed by atoms with Gasteiger partial charge in [-0.3, -0.25) is 9.36 Å². The summed E-state index contributed by atoms with van der Waals surface area (Å²) < 4.78 is 42.4. The van der Waals surface area contributed by atoms with Gasteiger partial charge < -0.3 is 20.3 Å². The van der Waals surface area contributed by atoms with E-state index in [1.165, 1.54) is 24.9 Å². The van der Waals surface area contributed by atoms with E-state index < -0.39 is 17.7 Å². The Morgan fingerprint density at radius 1 is 0.943 bits per heavy atom. The van der Waals surface area contributed by atoms with Crippen LogP contribution in [-0.4, -0.2) is 51.1 Å². The summed E-state index contributed by atoms with van der Waals surface area (Å²) in [5.74, 6) is 0.431. The molecule has 2 N–H and O–H groups in total. The molecular formula is C23H24F3N7O2. The third kappa shape index (κ3) is 5.47. The molecule has 0 amide bonds. The van der Waals surface area contributed by atoms with Crippen LogP contribution in [0.4, 0.5) is 30.6 Å². The molecule has 0 radical (unpaired) electrons. The van der Waals surface area contributed by atoms with Crippen molar-refractivity contribution in [2.45, 2.75) is 44.1 Å². The highest BCUT2D eigenvalue weighted by Gasteiger charge is 2.32. The Morgan fingerprint density at radius 3 is 2.29 bits per heavy atom. The number of anilines is 3. The van der Waals surface area contributed by atoms with E-state index in [2.05, 4.69) is 35.2 Å². The summed E-state index contributed by atoms with van der Waals surface area (Å²) in [7, 11) is 0. The molecule has 1 aliphatic carbocycles. The van der Waals surface area contributed by atoms with E-state index >= 15 is 0 Å². The molecule has 0 bridgehead atoms. The molecule has 1 saturated heterocycles. The number of alkyl halides is 3. The largest absolute Gasteiger partial charge is 0.573 e. The van der Waals surface area contributed by atoms with Gasteiger partial charge in [-0.2, -0.15) is 0 Å². The van der Waals surface area contributed by atoms with Crippen molar-refractivity contribution in [1.82, 2.24) is 19.5 Å². The molecular weight excluding hydrogens is 463 g/mol. The molecule has 9 nitrogen and oxygen atoms in total. The standard InChI is InChI=1S/C23H24F3N7O2/c24-23(25,26)35-19-3-1-10-33(21(19)34)17-6-7-20(27-12-17)30-15-4-5-16(11-15)31-22-28-13-18(14-29-22)32-8-2-9-32/h1,3,6-7,10,12-16H,2,4-5,8-9,11H2,(H,27,30)(H,28,29,31)/t15-,16-/m0/s1. The van der Waals surface area contributed by atoms with Crippen molar-refractivity contribution in [1.29, 1.82) is 0 Å². The molecule has 184 valence electrons. The summed E-state index contributed by atoms with van der Waals surface area (Å²) in [5, 5.41) is 6.76. The van der Waals surface area contributed by atoms with Crippen LogP contribution in [0.15, 0.2) is 53.8 Å². The Labute approximate surface area is 199 Å². The molecule has 12 heteroatoms. The lowest BCUT2D eigenvalue weighted by Crippen LogP contribution is -2.37. The maximum Gasteiger partial charge on any atom is 0.573 e. The number of pyridine rings is 2. The predicted molar refractivity (Wildman–Crippen MR) is 124 cm³/mol. The van der Waals surface area contributed by atoms with Crippen LogP contribution in [0.1, 0.15) is 25.7 Å². The number of aromatic nitrogens is 4. The molecule has 3 aromatic heterocycles. The van der Waals surface area contributed by atoms with Gasteiger partial charge in [0.15, 0.2) is 5.75 Å². The number of nitrogens with one attached hydrogen (secondary N) is 2. The minimum Gasteiger partial charge on any atom is -0.400 e. The maximum atomic E-state index is 12.5. The van der Waals surface area contributed by atoms with Gasteiger partial charge in [-0.25, -0.2) is 15.0 Å². The van der Waals surface area contributed by atoms with E-state index in [1.54, 1.807) is 12.1 Å². The molecule has 0 aromatic carbocycles. The van der Waals surface area contributed by atoms with E-state index in [-0.39, 0.29) is 12.1 Å². The number of hydrogen-bond donors (Lipinski definition) is 2. The monoisotopic (exact) mass is 487 g/mol. The zero-order chi connectivity index (χ0) is 24.4. The number of nitrogens with zero attached hydrogens (tertiary/aromatic N) is 5. The zero-order valence-corrected chi connectivity index (χ0v) is 18.7. The highest BCUT2D eigenvalue weighted by atomic mass is 19.4. The lowest BCUT2D eigenvalue weighted by Gasteiger charge is -2.32. The number of ether oxygens (including phenoxy) is 1. The molecule has 4 heterocycles. The lowest BCUT2D eigenvalue weighted by atomic mass is 10.2. The smallest absolute Gasteiger partial charge is 0.400 e. The van der Waals surface area contributed by atoms with Crippen molar-refractivity contribution in [2.24, 2.45) is 0 Å². The summed E-state index contributed by atoms with van der Waals surface area (Å²) in [6, 6.07) is 6.02. The van der Waals surface area contributed by atoms with Crippen LogP contribution < -0.4 is 25.8 Å². The van der Waals surface area contributed by atoms with Crippen molar-refractivity contribution in [2.75, 3.05) is 28.6 Å². The Kier molecular flexibility index (Phi) is 6.18. The van der Waals surface area contributed by atoms with Gasteiger partial charge >= 0.3 is 6.36 Å². The topological polar surface area (TPSA) is 97.2 Å². The third-order valence-corrected chi connectivity index (χ3v) is 6.14. The molecule has 2 aliphatic rings. The first kappa shape index (κ1) is 22.9. The Morgan fingerprint density at radius 2 is 1.66 bits per heavy atom. The van der Waals surface area contributed by atoms with Crippen LogP contribution >= 0.6 is 0 Å². The third-order valence-electron chi connectivity index (χ3n) is 6.14. The number of rotatable bonds is 7. The van der Waals surface area contributed by atoms with Crippen LogP contribution in [0.5, 0.6) is 5.75 Å². The first-order valence-corrected chi connectivity index (χ1v) is 11.4. The Balaban J connectivity index is 1.17. The second-order valence-corrected chi connectivity index (χ2v) is 8.60. The highest BCUT2D eigenvalue weighted by molar-refractivity contribution is 5.47. The first-order chi connectivity index (χ1) is 16.8. The van der Waals surface area contributed by atoms with Gasteiger partial charge in [-0.15, -0.1) is 13.2 Å². The normalized spacial score (nSPS) is 19.8. The fourth-order valence-electron chi connectivity index (χ4n) is 4.26. The minimum atomic E-state index is -4.94. The van der Waals surface area contributed by atoms with E-state index in [0.717, 1.165) is 48.7 Å². The van der Waals surface area contributed by atoms with Crippen molar-refractivity contribution < 1.29 is 17.9 Å². The SMILES string of the molecule is O=c1c(OC(F)(F)F)cccn1-c1ccc(N[C@H]2CC[C@H](Nc3ncc(N4CCC4)cn3)C2)nc1. The zero-order valence-electron chi connectivity index (χ0n) is 18.7. The second kappa shape index (κ2) is 9.43. The van der Waals surface area contributed by atoms with Gasteiger partial charge in [-0.05, 0) is 49.9 Å². The second-order valence-electron chi connectivity index (χ2n) is 8.60. The van der Waals surface area contributed by atoms with Crippen molar-refractivity contribution in [3.8, 4) is 11.4 Å². The van der Waals surface area contributed by atoms with E-state index in [0.29, 0.717) is 17.5 Å². The van der Waals surface area contributed by atoms with E-state index in [1.807, 2.05) is 12.4 Å². The van der Waals surface area contributed by atoms with Gasteiger partial charge in [0.1, 0.15) is 5.82 Å². The van der Waals surface area contributed by atoms with Crippen LogP contribution in [0.25, 0.3) is 5.69 Å². The molecule has 35 heavy (non-hydrogen) atoms. The van der Waals surface area contributed by atoms with Gasteiger partial charge in [0, 0.05) is 31.4 Å². The van der Waals surface area contributed by atoms with E-state index in [9.17, 15) is 18.0 Å². The van der Waals surface area contributed by atoms with Crippen LogP contribution in [-0.2, 0) is 0 Å². The van der Waals surface area contributed by atoms with Gasteiger partial charge in [0.25, 0.3) is 5.56 Å². The Hall–Kier alpha value is -3.83. The summed E-state index contributed by atoms with van der Waals surface area (Å²) in [6.45, 7) is 2.10. The fraction of sp³-hybridized carbons (Fsp3) is 0.391. The van der Waals surface area contributed by atoms with Crippen molar-refractivity contribution in [3.05, 3.63) is 59.4 Å². The van der Waals surface area contributed by atoms with Crippen molar-refractivity contribution in [3.63, 3.8) is 0 Å². The van der Waals surface area contributed by atoms with Crippen LogP contribution in [0.2, 0.25) is 0 Å². The summed E-state index contributed by atoms with van der Waals surface area (Å²) in [4.78, 5) is 27.8. The fourth-order valence-corrected chi connectivity index (χ4v) is 4.26. The molecule has 1 aliphatic heterocycles. The molecule has 3 aromatic rings. The predicted octanol–water partition coefficient (Wildman–Crippen LogP) is 3.58. The summed E-state index contributed by atoms with van der Waals surface area (Å²) in [5.41, 5.74) is 0.458. The highest BCUT2D eigenvalue weighted by Crippen LogP contribution is 2.26. The summed E-state index contributed by atoms with van der Waals surface area (Å²) >= 11 is 0. The molecule has 0 unspecified atom stereocenters. The van der Waals surface area contributed by atoms with Gasteiger partial charge in [0.2, 0.25) is 5.95 Å². The molecule has 5 rings (SSSR count). The average Bonchev–Trinajstić information content (AvgIpc) is 3.22. The Bertz CT molecular complexity index is 1210. The van der Waals surface area contributed by atoms with Gasteiger partial charge in [0.05, 0.1) is 30.0 Å². The van der Waals surface area contributed by atoms with E-state index in [4.69, 9.17) is 0 Å². The quantitative estimate of drug-likeness (QED) is 0.522. The molecule has 2 fully saturated rings. The molecule has 1 saturated carbocycles. The maximum absolute atomic E-state index is 12.5.